The number of rotatable bonds is 4. The van der Waals surface area contributed by atoms with Gasteiger partial charge in [-0.05, 0) is 86.4 Å². The highest BCUT2D eigenvalue weighted by Crippen LogP contribution is 2.64. The van der Waals surface area contributed by atoms with Crippen LogP contribution in [-0.2, 0) is 13.9 Å². The van der Waals surface area contributed by atoms with Crippen LogP contribution in [0.1, 0.15) is 79.6 Å². The zero-order valence-corrected chi connectivity index (χ0v) is 22.7. The Morgan fingerprint density at radius 2 is 1.62 bits per heavy atom. The van der Waals surface area contributed by atoms with Crippen molar-refractivity contribution in [3.63, 3.8) is 0 Å². The van der Waals surface area contributed by atoms with Crippen LogP contribution in [0.2, 0.25) is 18.1 Å². The van der Waals surface area contributed by atoms with Gasteiger partial charge in [0.1, 0.15) is 0 Å². The Balaban J connectivity index is 1.49. The van der Waals surface area contributed by atoms with Crippen LogP contribution in [0.25, 0.3) is 0 Å². The summed E-state index contributed by atoms with van der Waals surface area (Å²) in [6.45, 7) is 18.4. The van der Waals surface area contributed by atoms with Gasteiger partial charge in [0.2, 0.25) is 0 Å². The first-order chi connectivity index (χ1) is 14.8. The van der Waals surface area contributed by atoms with Crippen molar-refractivity contribution in [3.05, 3.63) is 0 Å². The van der Waals surface area contributed by atoms with E-state index in [4.69, 9.17) is 19.6 Å². The maximum Gasteiger partial charge on any atom is 0.192 e. The van der Waals surface area contributed by atoms with Crippen LogP contribution < -0.4 is 5.73 Å². The standard InChI is InChI=1S/C26H49NO4Si/c1-23(2,3)32(6,7)31-19-8-11-24(4,18(16-19)17-27)20-9-12-25(5)21(22(20)28)10-13-26(25)29-14-15-30-26/h18-22,28H,8-17,27H2,1-7H3/t18-,19+,20?,21?,22-,24+,25+/m1/s1. The fraction of sp³-hybridized carbons (Fsp3) is 1.00. The quantitative estimate of drug-likeness (QED) is 0.565. The third kappa shape index (κ3) is 3.76. The van der Waals surface area contributed by atoms with Gasteiger partial charge in [-0.3, -0.25) is 0 Å². The minimum absolute atomic E-state index is 0.0654. The maximum atomic E-state index is 11.8. The Kier molecular flexibility index (Phi) is 6.52. The second kappa shape index (κ2) is 8.30. The number of aliphatic hydroxyl groups is 1. The SMILES string of the molecule is CC(C)(C)[Si](C)(C)O[C@H]1CC[C@](C)(C2CC[C@@]3(C)C(CCC34OCCO4)[C@@H]2O)[C@@H](CN)C1. The molecule has 1 saturated heterocycles. The molecule has 3 aliphatic carbocycles. The molecule has 0 aromatic carbocycles. The predicted molar refractivity (Wildman–Crippen MR) is 131 cm³/mol. The number of aliphatic hydroxyl groups excluding tert-OH is 1. The van der Waals surface area contributed by atoms with E-state index >= 15 is 0 Å². The van der Waals surface area contributed by atoms with Gasteiger partial charge in [0, 0.05) is 17.9 Å². The van der Waals surface area contributed by atoms with Crippen LogP contribution >= 0.6 is 0 Å². The van der Waals surface area contributed by atoms with Crippen molar-refractivity contribution in [1.82, 2.24) is 0 Å². The van der Waals surface area contributed by atoms with Crippen molar-refractivity contribution in [2.75, 3.05) is 19.8 Å². The largest absolute Gasteiger partial charge is 0.414 e. The molecule has 32 heavy (non-hydrogen) atoms. The molecule has 0 radical (unpaired) electrons. The van der Waals surface area contributed by atoms with Gasteiger partial charge in [0.05, 0.1) is 19.3 Å². The molecule has 1 spiro atoms. The van der Waals surface area contributed by atoms with E-state index in [-0.39, 0.29) is 27.9 Å². The molecule has 1 aliphatic heterocycles. The van der Waals surface area contributed by atoms with Gasteiger partial charge in [0.15, 0.2) is 14.1 Å². The third-order valence-corrected chi connectivity index (χ3v) is 15.4. The van der Waals surface area contributed by atoms with Crippen molar-refractivity contribution in [2.45, 2.75) is 116 Å². The molecule has 5 nitrogen and oxygen atoms in total. The second-order valence-corrected chi connectivity index (χ2v) is 18.1. The van der Waals surface area contributed by atoms with Gasteiger partial charge in [-0.1, -0.05) is 34.6 Å². The molecule has 3 N–H and O–H groups in total. The molecule has 4 aliphatic rings. The summed E-state index contributed by atoms with van der Waals surface area (Å²) in [5, 5.41) is 12.0. The molecule has 1 heterocycles. The van der Waals surface area contributed by atoms with E-state index in [0.717, 1.165) is 44.9 Å². The van der Waals surface area contributed by atoms with E-state index in [9.17, 15) is 5.11 Å². The van der Waals surface area contributed by atoms with E-state index in [1.54, 1.807) is 0 Å². The summed E-state index contributed by atoms with van der Waals surface area (Å²) >= 11 is 0. The lowest BCUT2D eigenvalue weighted by Crippen LogP contribution is -2.58. The highest BCUT2D eigenvalue weighted by atomic mass is 28.4. The van der Waals surface area contributed by atoms with E-state index in [1.165, 1.54) is 0 Å². The first kappa shape index (κ1) is 25.1. The maximum absolute atomic E-state index is 11.8. The molecule has 0 aromatic heterocycles. The summed E-state index contributed by atoms with van der Waals surface area (Å²) < 4.78 is 19.2. The van der Waals surface area contributed by atoms with Gasteiger partial charge < -0.3 is 24.7 Å². The summed E-state index contributed by atoms with van der Waals surface area (Å²) in [7, 11) is -1.80. The Morgan fingerprint density at radius 1 is 1.00 bits per heavy atom. The molecule has 4 rings (SSSR count). The van der Waals surface area contributed by atoms with Gasteiger partial charge in [-0.2, -0.15) is 0 Å². The number of hydrogen-bond donors (Lipinski definition) is 2. The van der Waals surface area contributed by atoms with Crippen molar-refractivity contribution >= 4 is 8.32 Å². The average Bonchev–Trinajstić information content (AvgIpc) is 3.29. The van der Waals surface area contributed by atoms with E-state index < -0.39 is 14.1 Å². The highest BCUT2D eigenvalue weighted by molar-refractivity contribution is 6.74. The van der Waals surface area contributed by atoms with Gasteiger partial charge in [-0.15, -0.1) is 0 Å². The molecule has 3 saturated carbocycles. The smallest absolute Gasteiger partial charge is 0.192 e. The summed E-state index contributed by atoms with van der Waals surface area (Å²) in [6.07, 6.45) is 7.21. The van der Waals surface area contributed by atoms with Crippen LogP contribution in [0.4, 0.5) is 0 Å². The van der Waals surface area contributed by atoms with E-state index in [0.29, 0.717) is 37.7 Å². The summed E-state index contributed by atoms with van der Waals surface area (Å²) in [5.74, 6) is 0.464. The summed E-state index contributed by atoms with van der Waals surface area (Å²) in [6, 6.07) is 0. The molecule has 0 aromatic rings. The Bertz CT molecular complexity index is 688. The molecule has 6 heteroatoms. The van der Waals surface area contributed by atoms with E-state index in [1.807, 2.05) is 0 Å². The Labute approximate surface area is 197 Å². The molecule has 4 fully saturated rings. The zero-order valence-electron chi connectivity index (χ0n) is 21.7. The number of hydrogen-bond acceptors (Lipinski definition) is 5. The second-order valence-electron chi connectivity index (χ2n) is 13.4. The molecule has 7 atom stereocenters. The topological polar surface area (TPSA) is 73.9 Å². The highest BCUT2D eigenvalue weighted by Gasteiger charge is 2.66. The van der Waals surface area contributed by atoms with Crippen LogP contribution in [0.3, 0.4) is 0 Å². The Morgan fingerprint density at radius 3 is 2.22 bits per heavy atom. The van der Waals surface area contributed by atoms with Crippen molar-refractivity contribution in [3.8, 4) is 0 Å². The fourth-order valence-electron chi connectivity index (χ4n) is 7.65. The van der Waals surface area contributed by atoms with Crippen molar-refractivity contribution in [1.29, 1.82) is 0 Å². The molecular formula is C26H49NO4Si. The molecule has 0 amide bonds. The fourth-order valence-corrected chi connectivity index (χ4v) is 9.05. The molecule has 2 unspecified atom stereocenters. The van der Waals surface area contributed by atoms with Crippen LogP contribution in [0.5, 0.6) is 0 Å². The minimum Gasteiger partial charge on any atom is -0.414 e. The minimum atomic E-state index is -1.80. The third-order valence-electron chi connectivity index (χ3n) is 10.9. The van der Waals surface area contributed by atoms with Crippen molar-refractivity contribution in [2.24, 2.45) is 34.3 Å². The summed E-state index contributed by atoms with van der Waals surface area (Å²) in [4.78, 5) is 0. The number of nitrogens with two attached hydrogens (primary N) is 1. The zero-order chi connectivity index (χ0) is 23.6. The van der Waals surface area contributed by atoms with Crippen molar-refractivity contribution < 1.29 is 19.0 Å². The van der Waals surface area contributed by atoms with Gasteiger partial charge in [0.25, 0.3) is 0 Å². The first-order valence-electron chi connectivity index (χ1n) is 13.1. The van der Waals surface area contributed by atoms with Crippen LogP contribution in [-0.4, -0.2) is 51.2 Å². The summed E-state index contributed by atoms with van der Waals surface area (Å²) in [5.41, 5.74) is 6.38. The first-order valence-corrected chi connectivity index (χ1v) is 16.0. The predicted octanol–water partition coefficient (Wildman–Crippen LogP) is 5.07. The monoisotopic (exact) mass is 467 g/mol. The molecular weight excluding hydrogens is 418 g/mol. The molecule has 0 bridgehead atoms. The van der Waals surface area contributed by atoms with Gasteiger partial charge >= 0.3 is 0 Å². The lowest BCUT2D eigenvalue weighted by molar-refractivity contribution is -0.249. The molecule has 186 valence electrons. The number of ether oxygens (including phenoxy) is 2. The van der Waals surface area contributed by atoms with E-state index in [2.05, 4.69) is 47.7 Å². The lowest BCUT2D eigenvalue weighted by Gasteiger charge is -2.57. The Hall–Kier alpha value is 0.0169. The van der Waals surface area contributed by atoms with Crippen LogP contribution in [0, 0.1) is 28.6 Å². The average molecular weight is 468 g/mol. The lowest BCUT2D eigenvalue weighted by atomic mass is 9.51. The normalized spacial score (nSPS) is 44.7. The van der Waals surface area contributed by atoms with Gasteiger partial charge in [-0.25, -0.2) is 0 Å². The number of fused-ring (bicyclic) bond motifs is 2. The van der Waals surface area contributed by atoms with Crippen LogP contribution in [0.15, 0.2) is 0 Å².